The predicted octanol–water partition coefficient (Wildman–Crippen LogP) is 3.23. The Bertz CT molecular complexity index is 571. The van der Waals surface area contributed by atoms with Gasteiger partial charge >= 0.3 is 6.36 Å². The number of rotatable bonds is 4. The van der Waals surface area contributed by atoms with Crippen molar-refractivity contribution >= 4 is 0 Å². The van der Waals surface area contributed by atoms with Crippen molar-refractivity contribution in [2.24, 2.45) is 5.73 Å². The lowest BCUT2D eigenvalue weighted by atomic mass is 10.2. The molecule has 0 saturated heterocycles. The molecule has 0 amide bonds. The van der Waals surface area contributed by atoms with E-state index in [1.54, 1.807) is 12.3 Å². The summed E-state index contributed by atoms with van der Waals surface area (Å²) in [7, 11) is 0. The van der Waals surface area contributed by atoms with Crippen LogP contribution in [0.2, 0.25) is 0 Å². The van der Waals surface area contributed by atoms with Crippen molar-refractivity contribution in [3.05, 3.63) is 48.3 Å². The van der Waals surface area contributed by atoms with Gasteiger partial charge in [0.05, 0.1) is 6.20 Å². The molecular formula is C13H11F3N2O2. The third kappa shape index (κ3) is 3.86. The SMILES string of the molecule is NCc1ccncc1Oc1ccc(OC(F)(F)F)cc1. The zero-order chi connectivity index (χ0) is 14.6. The first-order chi connectivity index (χ1) is 9.48. The molecule has 2 rings (SSSR count). The van der Waals surface area contributed by atoms with Crippen LogP contribution in [0.1, 0.15) is 5.56 Å². The first-order valence-electron chi connectivity index (χ1n) is 5.64. The Morgan fingerprint density at radius 1 is 1.05 bits per heavy atom. The topological polar surface area (TPSA) is 57.4 Å². The Balaban J connectivity index is 2.11. The van der Waals surface area contributed by atoms with E-state index < -0.39 is 6.36 Å². The van der Waals surface area contributed by atoms with E-state index in [2.05, 4.69) is 9.72 Å². The van der Waals surface area contributed by atoms with Gasteiger partial charge in [0, 0.05) is 18.3 Å². The lowest BCUT2D eigenvalue weighted by molar-refractivity contribution is -0.274. The molecule has 0 bridgehead atoms. The molecule has 0 aliphatic rings. The molecule has 1 heterocycles. The molecule has 0 spiro atoms. The van der Waals surface area contributed by atoms with E-state index in [1.165, 1.54) is 30.5 Å². The number of halogens is 3. The van der Waals surface area contributed by atoms with Crippen LogP contribution in [0.25, 0.3) is 0 Å². The van der Waals surface area contributed by atoms with Crippen molar-refractivity contribution in [2.45, 2.75) is 12.9 Å². The predicted molar refractivity (Wildman–Crippen MR) is 65.3 cm³/mol. The highest BCUT2D eigenvalue weighted by atomic mass is 19.4. The van der Waals surface area contributed by atoms with Gasteiger partial charge in [0.15, 0.2) is 0 Å². The van der Waals surface area contributed by atoms with Crippen LogP contribution in [0, 0.1) is 0 Å². The molecule has 0 fully saturated rings. The number of pyridine rings is 1. The van der Waals surface area contributed by atoms with Gasteiger partial charge in [0.25, 0.3) is 0 Å². The molecule has 0 unspecified atom stereocenters. The number of hydrogen-bond donors (Lipinski definition) is 1. The molecule has 1 aromatic heterocycles. The number of alkyl halides is 3. The van der Waals surface area contributed by atoms with E-state index >= 15 is 0 Å². The Morgan fingerprint density at radius 2 is 1.70 bits per heavy atom. The van der Waals surface area contributed by atoms with E-state index in [-0.39, 0.29) is 12.3 Å². The van der Waals surface area contributed by atoms with Crippen molar-refractivity contribution in [1.29, 1.82) is 0 Å². The average molecular weight is 284 g/mol. The van der Waals surface area contributed by atoms with Gasteiger partial charge in [0.2, 0.25) is 0 Å². The lowest BCUT2D eigenvalue weighted by Gasteiger charge is -2.11. The fourth-order valence-corrected chi connectivity index (χ4v) is 1.51. The van der Waals surface area contributed by atoms with E-state index in [9.17, 15) is 13.2 Å². The van der Waals surface area contributed by atoms with E-state index in [0.717, 1.165) is 5.56 Å². The average Bonchev–Trinajstić information content (AvgIpc) is 2.40. The van der Waals surface area contributed by atoms with Crippen LogP contribution in [-0.4, -0.2) is 11.3 Å². The molecule has 1 aromatic carbocycles. The summed E-state index contributed by atoms with van der Waals surface area (Å²) in [5, 5.41) is 0. The Labute approximate surface area is 113 Å². The summed E-state index contributed by atoms with van der Waals surface area (Å²) in [5.41, 5.74) is 6.29. The van der Waals surface area contributed by atoms with Crippen molar-refractivity contribution < 1.29 is 22.6 Å². The minimum Gasteiger partial charge on any atom is -0.455 e. The van der Waals surface area contributed by atoms with Gasteiger partial charge in [0.1, 0.15) is 17.2 Å². The van der Waals surface area contributed by atoms with Crippen molar-refractivity contribution in [3.8, 4) is 17.2 Å². The molecule has 0 aliphatic heterocycles. The third-order valence-corrected chi connectivity index (χ3v) is 2.38. The van der Waals surface area contributed by atoms with Crippen molar-refractivity contribution in [3.63, 3.8) is 0 Å². The maximum absolute atomic E-state index is 12.0. The van der Waals surface area contributed by atoms with Crippen LogP contribution in [0.15, 0.2) is 42.7 Å². The summed E-state index contributed by atoms with van der Waals surface area (Å²) in [5.74, 6) is 0.511. The summed E-state index contributed by atoms with van der Waals surface area (Å²) >= 11 is 0. The van der Waals surface area contributed by atoms with Gasteiger partial charge in [-0.1, -0.05) is 0 Å². The number of ether oxygens (including phenoxy) is 2. The van der Waals surface area contributed by atoms with Gasteiger partial charge in [-0.3, -0.25) is 4.98 Å². The molecule has 0 saturated carbocycles. The molecule has 0 aliphatic carbocycles. The summed E-state index contributed by atoms with van der Waals surface area (Å²) in [6.07, 6.45) is -1.64. The minimum atomic E-state index is -4.71. The summed E-state index contributed by atoms with van der Waals surface area (Å²) in [6.45, 7) is 0.271. The highest BCUT2D eigenvalue weighted by molar-refractivity contribution is 5.37. The number of hydrogen-bond acceptors (Lipinski definition) is 4. The normalized spacial score (nSPS) is 11.2. The zero-order valence-electron chi connectivity index (χ0n) is 10.2. The molecule has 106 valence electrons. The highest BCUT2D eigenvalue weighted by Gasteiger charge is 2.30. The highest BCUT2D eigenvalue weighted by Crippen LogP contribution is 2.28. The first kappa shape index (κ1) is 14.1. The second-order valence-electron chi connectivity index (χ2n) is 3.81. The monoisotopic (exact) mass is 284 g/mol. The van der Waals surface area contributed by atoms with E-state index in [4.69, 9.17) is 10.5 Å². The lowest BCUT2D eigenvalue weighted by Crippen LogP contribution is -2.16. The minimum absolute atomic E-state index is 0.271. The van der Waals surface area contributed by atoms with Gasteiger partial charge in [-0.2, -0.15) is 0 Å². The van der Waals surface area contributed by atoms with Gasteiger partial charge in [-0.05, 0) is 30.3 Å². The van der Waals surface area contributed by atoms with Gasteiger partial charge < -0.3 is 15.2 Å². The molecule has 2 N–H and O–H groups in total. The molecule has 20 heavy (non-hydrogen) atoms. The maximum Gasteiger partial charge on any atom is 0.573 e. The van der Waals surface area contributed by atoms with Crippen molar-refractivity contribution in [2.75, 3.05) is 0 Å². The van der Waals surface area contributed by atoms with Crippen LogP contribution < -0.4 is 15.2 Å². The van der Waals surface area contributed by atoms with Crippen molar-refractivity contribution in [1.82, 2.24) is 4.98 Å². The number of nitrogens with two attached hydrogens (primary N) is 1. The third-order valence-electron chi connectivity index (χ3n) is 2.38. The van der Waals surface area contributed by atoms with E-state index in [1.807, 2.05) is 0 Å². The molecule has 0 atom stereocenters. The fourth-order valence-electron chi connectivity index (χ4n) is 1.51. The fraction of sp³-hybridized carbons (Fsp3) is 0.154. The van der Waals surface area contributed by atoms with Crippen LogP contribution >= 0.6 is 0 Å². The quantitative estimate of drug-likeness (QED) is 0.936. The number of nitrogens with zero attached hydrogens (tertiary/aromatic N) is 1. The molecule has 2 aromatic rings. The number of aromatic nitrogens is 1. The Kier molecular flexibility index (Phi) is 4.09. The van der Waals surface area contributed by atoms with Crippen LogP contribution in [0.3, 0.4) is 0 Å². The second kappa shape index (κ2) is 5.79. The maximum atomic E-state index is 12.0. The molecule has 7 heteroatoms. The number of benzene rings is 1. The van der Waals surface area contributed by atoms with Crippen LogP contribution in [0.5, 0.6) is 17.2 Å². The Morgan fingerprint density at radius 3 is 2.30 bits per heavy atom. The van der Waals surface area contributed by atoms with Gasteiger partial charge in [-0.15, -0.1) is 13.2 Å². The van der Waals surface area contributed by atoms with Crippen LogP contribution in [0.4, 0.5) is 13.2 Å². The Hall–Kier alpha value is -2.28. The summed E-state index contributed by atoms with van der Waals surface area (Å²) in [6, 6.07) is 6.78. The smallest absolute Gasteiger partial charge is 0.455 e. The largest absolute Gasteiger partial charge is 0.573 e. The molecular weight excluding hydrogens is 273 g/mol. The second-order valence-corrected chi connectivity index (χ2v) is 3.81. The molecule has 4 nitrogen and oxygen atoms in total. The van der Waals surface area contributed by atoms with Gasteiger partial charge in [-0.25, -0.2) is 0 Å². The van der Waals surface area contributed by atoms with Crippen LogP contribution in [-0.2, 0) is 6.54 Å². The standard InChI is InChI=1S/C13H11F3N2O2/c14-13(15,16)20-11-3-1-10(2-4-11)19-12-8-18-6-5-9(12)7-17/h1-6,8H,7,17H2. The summed E-state index contributed by atoms with van der Waals surface area (Å²) in [4.78, 5) is 3.90. The summed E-state index contributed by atoms with van der Waals surface area (Å²) < 4.78 is 45.3. The molecule has 0 radical (unpaired) electrons. The zero-order valence-corrected chi connectivity index (χ0v) is 10.2. The van der Waals surface area contributed by atoms with E-state index in [0.29, 0.717) is 11.5 Å². The first-order valence-corrected chi connectivity index (χ1v) is 5.64.